The minimum absolute atomic E-state index is 0.0934. The molecule has 0 radical (unpaired) electrons. The molecule has 0 aliphatic heterocycles. The van der Waals surface area contributed by atoms with Crippen LogP contribution in [0, 0.1) is 5.82 Å². The number of hydrazine groups is 1. The van der Waals surface area contributed by atoms with Gasteiger partial charge in [-0.05, 0) is 37.1 Å². The minimum Gasteiger partial charge on any atom is -0.271 e. The van der Waals surface area contributed by atoms with Gasteiger partial charge in [0, 0.05) is 21.5 Å². The zero-order valence-electron chi connectivity index (χ0n) is 10.00. The SMILES string of the molecule is NNC(Cc1ccc(Cl)s1)Cc1c(F)cccc1Cl. The van der Waals surface area contributed by atoms with Crippen LogP contribution in [-0.4, -0.2) is 6.04 Å². The monoisotopic (exact) mass is 318 g/mol. The van der Waals surface area contributed by atoms with Crippen molar-refractivity contribution in [1.82, 2.24) is 5.43 Å². The third-order valence-corrected chi connectivity index (χ3v) is 4.43. The first-order valence-electron chi connectivity index (χ1n) is 5.73. The van der Waals surface area contributed by atoms with Crippen molar-refractivity contribution < 1.29 is 4.39 Å². The smallest absolute Gasteiger partial charge is 0.127 e. The van der Waals surface area contributed by atoms with Crippen molar-refractivity contribution in [2.75, 3.05) is 0 Å². The fourth-order valence-electron chi connectivity index (χ4n) is 1.87. The Balaban J connectivity index is 2.11. The van der Waals surface area contributed by atoms with E-state index in [2.05, 4.69) is 5.43 Å². The van der Waals surface area contributed by atoms with Crippen molar-refractivity contribution in [3.05, 3.63) is 55.9 Å². The Morgan fingerprint density at radius 3 is 2.58 bits per heavy atom. The van der Waals surface area contributed by atoms with Crippen LogP contribution in [0.4, 0.5) is 4.39 Å². The summed E-state index contributed by atoms with van der Waals surface area (Å²) in [6.07, 6.45) is 1.11. The number of rotatable bonds is 5. The summed E-state index contributed by atoms with van der Waals surface area (Å²) in [6, 6.07) is 8.35. The van der Waals surface area contributed by atoms with Gasteiger partial charge in [0.05, 0.1) is 4.34 Å². The third kappa shape index (κ3) is 3.91. The average molecular weight is 319 g/mol. The first-order valence-corrected chi connectivity index (χ1v) is 7.30. The Labute approximate surface area is 125 Å². The molecule has 1 unspecified atom stereocenters. The number of halogens is 3. The van der Waals surface area contributed by atoms with E-state index in [9.17, 15) is 4.39 Å². The van der Waals surface area contributed by atoms with Crippen LogP contribution in [-0.2, 0) is 12.8 Å². The fourth-order valence-corrected chi connectivity index (χ4v) is 3.28. The summed E-state index contributed by atoms with van der Waals surface area (Å²) in [5, 5.41) is 0.421. The maximum atomic E-state index is 13.7. The van der Waals surface area contributed by atoms with Crippen LogP contribution >= 0.6 is 34.5 Å². The molecule has 1 aromatic heterocycles. The van der Waals surface area contributed by atoms with E-state index in [0.29, 0.717) is 23.4 Å². The van der Waals surface area contributed by atoms with Crippen LogP contribution in [0.3, 0.4) is 0 Å². The van der Waals surface area contributed by atoms with Gasteiger partial charge in [-0.1, -0.05) is 29.3 Å². The number of nitrogens with one attached hydrogen (secondary N) is 1. The molecule has 102 valence electrons. The van der Waals surface area contributed by atoms with E-state index in [0.717, 1.165) is 9.21 Å². The molecule has 19 heavy (non-hydrogen) atoms. The lowest BCUT2D eigenvalue weighted by Crippen LogP contribution is -2.38. The summed E-state index contributed by atoms with van der Waals surface area (Å²) < 4.78 is 14.4. The molecule has 3 N–H and O–H groups in total. The molecule has 1 atom stereocenters. The summed E-state index contributed by atoms with van der Waals surface area (Å²) in [5.74, 6) is 5.22. The van der Waals surface area contributed by atoms with E-state index in [-0.39, 0.29) is 11.9 Å². The first kappa shape index (κ1) is 14.8. The first-order chi connectivity index (χ1) is 9.10. The van der Waals surface area contributed by atoms with Gasteiger partial charge >= 0.3 is 0 Å². The summed E-state index contributed by atoms with van der Waals surface area (Å²) >= 11 is 13.4. The Morgan fingerprint density at radius 2 is 2.00 bits per heavy atom. The zero-order chi connectivity index (χ0) is 13.8. The van der Waals surface area contributed by atoms with Gasteiger partial charge in [0.15, 0.2) is 0 Å². The van der Waals surface area contributed by atoms with Crippen LogP contribution in [0.2, 0.25) is 9.36 Å². The largest absolute Gasteiger partial charge is 0.271 e. The topological polar surface area (TPSA) is 38.0 Å². The molecular formula is C13H13Cl2FN2S. The molecule has 2 nitrogen and oxygen atoms in total. The van der Waals surface area contributed by atoms with Gasteiger partial charge in [-0.2, -0.15) is 0 Å². The zero-order valence-corrected chi connectivity index (χ0v) is 12.3. The highest BCUT2D eigenvalue weighted by molar-refractivity contribution is 7.16. The number of benzene rings is 1. The second-order valence-electron chi connectivity index (χ2n) is 4.18. The lowest BCUT2D eigenvalue weighted by atomic mass is 10.0. The maximum Gasteiger partial charge on any atom is 0.127 e. The maximum absolute atomic E-state index is 13.7. The molecule has 0 saturated carbocycles. The number of hydrogen-bond acceptors (Lipinski definition) is 3. The lowest BCUT2D eigenvalue weighted by Gasteiger charge is -2.16. The summed E-state index contributed by atoms with van der Waals surface area (Å²) in [7, 11) is 0. The predicted octanol–water partition coefficient (Wildman–Crippen LogP) is 3.81. The highest BCUT2D eigenvalue weighted by atomic mass is 35.5. The van der Waals surface area contributed by atoms with Gasteiger partial charge < -0.3 is 0 Å². The van der Waals surface area contributed by atoms with E-state index in [1.165, 1.54) is 17.4 Å². The molecule has 2 aromatic rings. The average Bonchev–Trinajstić information content (AvgIpc) is 2.78. The molecule has 0 fully saturated rings. The normalized spacial score (nSPS) is 12.6. The van der Waals surface area contributed by atoms with Crippen LogP contribution in [0.25, 0.3) is 0 Å². The minimum atomic E-state index is -0.308. The summed E-state index contributed by atoms with van der Waals surface area (Å²) in [5.41, 5.74) is 3.18. The fraction of sp³-hybridized carbons (Fsp3) is 0.231. The molecule has 1 aromatic carbocycles. The molecule has 0 aliphatic carbocycles. The van der Waals surface area contributed by atoms with Crippen molar-refractivity contribution in [1.29, 1.82) is 0 Å². The second-order valence-corrected chi connectivity index (χ2v) is 6.38. The highest BCUT2D eigenvalue weighted by Crippen LogP contribution is 2.25. The molecule has 0 spiro atoms. The van der Waals surface area contributed by atoms with Crippen LogP contribution in [0.1, 0.15) is 10.4 Å². The molecule has 1 heterocycles. The highest BCUT2D eigenvalue weighted by Gasteiger charge is 2.15. The molecule has 0 aliphatic rings. The van der Waals surface area contributed by atoms with Crippen molar-refractivity contribution in [2.24, 2.45) is 5.84 Å². The Kier molecular flexibility index (Phi) is 5.19. The Hall–Kier alpha value is -0.650. The van der Waals surface area contributed by atoms with Crippen molar-refractivity contribution in [3.63, 3.8) is 0 Å². The van der Waals surface area contributed by atoms with Gasteiger partial charge in [0.2, 0.25) is 0 Å². The van der Waals surface area contributed by atoms with Crippen molar-refractivity contribution in [3.8, 4) is 0 Å². The van der Waals surface area contributed by atoms with E-state index in [1.807, 2.05) is 12.1 Å². The molecule has 2 rings (SSSR count). The van der Waals surface area contributed by atoms with Gasteiger partial charge in [0.1, 0.15) is 5.82 Å². The summed E-state index contributed by atoms with van der Waals surface area (Å²) in [6.45, 7) is 0. The van der Waals surface area contributed by atoms with Crippen LogP contribution < -0.4 is 11.3 Å². The van der Waals surface area contributed by atoms with Gasteiger partial charge in [-0.25, -0.2) is 4.39 Å². The molecule has 6 heteroatoms. The van der Waals surface area contributed by atoms with E-state index >= 15 is 0 Å². The van der Waals surface area contributed by atoms with Crippen LogP contribution in [0.15, 0.2) is 30.3 Å². The van der Waals surface area contributed by atoms with E-state index in [4.69, 9.17) is 29.0 Å². The Bertz CT molecular complexity index is 539. The third-order valence-electron chi connectivity index (χ3n) is 2.82. The lowest BCUT2D eigenvalue weighted by molar-refractivity contribution is 0.509. The molecule has 0 saturated heterocycles. The number of nitrogens with two attached hydrogens (primary N) is 1. The predicted molar refractivity (Wildman–Crippen MR) is 79.3 cm³/mol. The number of thiophene rings is 1. The Morgan fingerprint density at radius 1 is 1.21 bits per heavy atom. The van der Waals surface area contributed by atoms with E-state index in [1.54, 1.807) is 12.1 Å². The van der Waals surface area contributed by atoms with Crippen LogP contribution in [0.5, 0.6) is 0 Å². The molecular weight excluding hydrogens is 306 g/mol. The van der Waals surface area contributed by atoms with Crippen molar-refractivity contribution in [2.45, 2.75) is 18.9 Å². The van der Waals surface area contributed by atoms with Crippen molar-refractivity contribution >= 4 is 34.5 Å². The molecule has 0 bridgehead atoms. The second kappa shape index (κ2) is 6.68. The van der Waals surface area contributed by atoms with E-state index < -0.39 is 0 Å². The number of hydrogen-bond donors (Lipinski definition) is 2. The summed E-state index contributed by atoms with van der Waals surface area (Å²) in [4.78, 5) is 1.10. The van der Waals surface area contributed by atoms with Gasteiger partial charge in [0.25, 0.3) is 0 Å². The van der Waals surface area contributed by atoms with Gasteiger partial charge in [-0.3, -0.25) is 11.3 Å². The standard InChI is InChI=1S/C13H13Cl2FN2S/c14-11-2-1-3-12(16)10(11)7-8(18-17)6-9-4-5-13(15)19-9/h1-5,8,18H,6-7,17H2. The quantitative estimate of drug-likeness (QED) is 0.650. The molecule has 0 amide bonds. The van der Waals surface area contributed by atoms with Gasteiger partial charge in [-0.15, -0.1) is 11.3 Å².